The smallest absolute Gasteiger partial charge is 0.239 e. The lowest BCUT2D eigenvalue weighted by Gasteiger charge is -2.23. The number of hydrogen-bond acceptors (Lipinski definition) is 4. The molecule has 0 bridgehead atoms. The molecule has 0 aliphatic heterocycles. The molecule has 0 radical (unpaired) electrons. The van der Waals surface area contributed by atoms with Crippen LogP contribution in [0, 0.1) is 20.8 Å². The van der Waals surface area contributed by atoms with E-state index in [1.165, 1.54) is 16.7 Å². The Morgan fingerprint density at radius 2 is 1.79 bits per heavy atom. The van der Waals surface area contributed by atoms with Gasteiger partial charge < -0.3 is 5.73 Å². The van der Waals surface area contributed by atoms with Crippen LogP contribution < -0.4 is 11.1 Å². The zero-order valence-corrected chi connectivity index (χ0v) is 16.6. The van der Waals surface area contributed by atoms with E-state index in [2.05, 4.69) is 42.1 Å². The summed E-state index contributed by atoms with van der Waals surface area (Å²) in [4.78, 5) is 20.5. The van der Waals surface area contributed by atoms with Crippen LogP contribution in [0.15, 0.2) is 55.1 Å². The second-order valence-electron chi connectivity index (χ2n) is 7.12. The van der Waals surface area contributed by atoms with Crippen molar-refractivity contribution in [1.29, 1.82) is 0 Å². The number of aryl methyl sites for hydroxylation is 1. The normalized spacial score (nSPS) is 12.0. The highest BCUT2D eigenvalue weighted by molar-refractivity contribution is 5.82. The number of carbonyl (C=O) groups excluding carboxylic acids is 1. The van der Waals surface area contributed by atoms with Gasteiger partial charge in [0.2, 0.25) is 5.91 Å². The fourth-order valence-corrected chi connectivity index (χ4v) is 3.50. The van der Waals surface area contributed by atoms with Gasteiger partial charge in [0.15, 0.2) is 0 Å². The Kier molecular flexibility index (Phi) is 6.16. The number of pyridine rings is 2. The molecule has 0 aliphatic rings. The summed E-state index contributed by atoms with van der Waals surface area (Å²) in [5.41, 5.74) is 13.6. The van der Waals surface area contributed by atoms with Crippen LogP contribution in [0.25, 0.3) is 0 Å². The van der Waals surface area contributed by atoms with Gasteiger partial charge in [-0.05, 0) is 84.3 Å². The van der Waals surface area contributed by atoms with Gasteiger partial charge in [0.05, 0.1) is 0 Å². The van der Waals surface area contributed by atoms with Crippen molar-refractivity contribution >= 4 is 5.91 Å². The molecule has 28 heavy (non-hydrogen) atoms. The van der Waals surface area contributed by atoms with E-state index >= 15 is 0 Å². The fourth-order valence-electron chi connectivity index (χ4n) is 3.50. The maximum Gasteiger partial charge on any atom is 0.239 e. The quantitative estimate of drug-likeness (QED) is 0.665. The van der Waals surface area contributed by atoms with Gasteiger partial charge in [0, 0.05) is 31.3 Å². The highest BCUT2D eigenvalue weighted by atomic mass is 16.1. The van der Waals surface area contributed by atoms with E-state index in [0.717, 1.165) is 28.7 Å². The topological polar surface area (TPSA) is 80.9 Å². The average Bonchev–Trinajstić information content (AvgIpc) is 2.70. The zero-order valence-electron chi connectivity index (χ0n) is 16.6. The third-order valence-corrected chi connectivity index (χ3v) is 5.26. The molecule has 3 aromatic rings. The largest absolute Gasteiger partial charge is 0.368 e. The molecule has 144 valence electrons. The molecule has 3 N–H and O–H groups in total. The standard InChI is InChI=1S/C23H26N4O/c1-15-11-21(22(23(24)28)27-14-19-5-4-8-26-13-19)17(3)20(16(15)2)12-18-6-9-25-10-7-18/h4-11,13,22,27H,12,14H2,1-3H3,(H2,24,28). The molecule has 0 aliphatic carbocycles. The molecular formula is C23H26N4O. The second kappa shape index (κ2) is 8.76. The lowest BCUT2D eigenvalue weighted by atomic mass is 9.87. The molecule has 1 unspecified atom stereocenters. The summed E-state index contributed by atoms with van der Waals surface area (Å²) < 4.78 is 0. The molecule has 1 atom stereocenters. The van der Waals surface area contributed by atoms with Crippen LogP contribution in [0.4, 0.5) is 0 Å². The van der Waals surface area contributed by atoms with Crippen LogP contribution in [0.3, 0.4) is 0 Å². The number of carbonyl (C=O) groups is 1. The van der Waals surface area contributed by atoms with Gasteiger partial charge in [0.1, 0.15) is 6.04 Å². The molecule has 1 aromatic carbocycles. The van der Waals surface area contributed by atoms with Crippen molar-refractivity contribution < 1.29 is 4.79 Å². The number of nitrogens with zero attached hydrogens (tertiary/aromatic N) is 2. The van der Waals surface area contributed by atoms with E-state index in [1.807, 2.05) is 24.3 Å². The van der Waals surface area contributed by atoms with E-state index in [1.54, 1.807) is 24.8 Å². The maximum atomic E-state index is 12.3. The number of amides is 1. The van der Waals surface area contributed by atoms with Crippen molar-refractivity contribution in [2.45, 2.75) is 39.8 Å². The Morgan fingerprint density at radius 1 is 1.04 bits per heavy atom. The highest BCUT2D eigenvalue weighted by Crippen LogP contribution is 2.28. The number of primary amides is 1. The molecule has 0 spiro atoms. The minimum Gasteiger partial charge on any atom is -0.368 e. The monoisotopic (exact) mass is 374 g/mol. The highest BCUT2D eigenvalue weighted by Gasteiger charge is 2.22. The summed E-state index contributed by atoms with van der Waals surface area (Å²) in [6, 6.07) is 9.41. The predicted molar refractivity (Wildman–Crippen MR) is 111 cm³/mol. The van der Waals surface area contributed by atoms with Crippen molar-refractivity contribution in [3.63, 3.8) is 0 Å². The molecule has 3 rings (SSSR count). The van der Waals surface area contributed by atoms with Gasteiger partial charge >= 0.3 is 0 Å². The van der Waals surface area contributed by atoms with Gasteiger partial charge in [-0.25, -0.2) is 0 Å². The first-order chi connectivity index (χ1) is 13.5. The summed E-state index contributed by atoms with van der Waals surface area (Å²) in [5, 5.41) is 3.31. The molecule has 5 nitrogen and oxygen atoms in total. The maximum absolute atomic E-state index is 12.3. The van der Waals surface area contributed by atoms with Crippen molar-refractivity contribution in [2.75, 3.05) is 0 Å². The van der Waals surface area contributed by atoms with Crippen molar-refractivity contribution in [3.05, 3.63) is 94.1 Å². The lowest BCUT2D eigenvalue weighted by molar-refractivity contribution is -0.120. The minimum atomic E-state index is -0.560. The Bertz CT molecular complexity index is 955. The molecule has 2 aromatic heterocycles. The minimum absolute atomic E-state index is 0.384. The van der Waals surface area contributed by atoms with Gasteiger partial charge in [-0.3, -0.25) is 20.1 Å². The number of benzene rings is 1. The fraction of sp³-hybridized carbons (Fsp3) is 0.261. The first kappa shape index (κ1) is 19.7. The molecule has 2 heterocycles. The summed E-state index contributed by atoms with van der Waals surface area (Å²) in [6.45, 7) is 6.80. The number of rotatable bonds is 7. The Balaban J connectivity index is 1.95. The van der Waals surface area contributed by atoms with Crippen molar-refractivity contribution in [2.24, 2.45) is 5.73 Å². The first-order valence-corrected chi connectivity index (χ1v) is 9.37. The van der Waals surface area contributed by atoms with E-state index < -0.39 is 6.04 Å². The zero-order chi connectivity index (χ0) is 20.1. The molecule has 0 saturated carbocycles. The van der Waals surface area contributed by atoms with Gasteiger partial charge in [-0.15, -0.1) is 0 Å². The molecule has 5 heteroatoms. The van der Waals surface area contributed by atoms with Crippen LogP contribution in [-0.2, 0) is 17.8 Å². The number of aromatic nitrogens is 2. The second-order valence-corrected chi connectivity index (χ2v) is 7.12. The lowest BCUT2D eigenvalue weighted by Crippen LogP contribution is -2.34. The molecule has 0 fully saturated rings. The van der Waals surface area contributed by atoms with Gasteiger partial charge in [0.25, 0.3) is 0 Å². The van der Waals surface area contributed by atoms with Crippen LogP contribution in [0.5, 0.6) is 0 Å². The van der Waals surface area contributed by atoms with E-state index in [0.29, 0.717) is 6.54 Å². The Morgan fingerprint density at radius 3 is 2.43 bits per heavy atom. The summed E-state index contributed by atoms with van der Waals surface area (Å²) >= 11 is 0. The predicted octanol–water partition coefficient (Wildman–Crippen LogP) is 3.31. The number of hydrogen-bond donors (Lipinski definition) is 2. The third kappa shape index (κ3) is 4.43. The Hall–Kier alpha value is -3.05. The van der Waals surface area contributed by atoms with Gasteiger partial charge in [-0.1, -0.05) is 12.1 Å². The van der Waals surface area contributed by atoms with E-state index in [-0.39, 0.29) is 5.91 Å². The SMILES string of the molecule is Cc1cc(C(NCc2cccnc2)C(N)=O)c(C)c(Cc2ccncc2)c1C. The molecular weight excluding hydrogens is 348 g/mol. The molecule has 1 amide bonds. The Labute approximate surface area is 166 Å². The molecule has 0 saturated heterocycles. The van der Waals surface area contributed by atoms with Crippen LogP contribution in [-0.4, -0.2) is 15.9 Å². The number of nitrogens with one attached hydrogen (secondary N) is 1. The summed E-state index contributed by atoms with van der Waals surface area (Å²) in [5.74, 6) is -0.384. The number of nitrogens with two attached hydrogens (primary N) is 1. The average molecular weight is 374 g/mol. The first-order valence-electron chi connectivity index (χ1n) is 9.37. The van der Waals surface area contributed by atoms with Crippen molar-refractivity contribution in [3.8, 4) is 0 Å². The van der Waals surface area contributed by atoms with Crippen LogP contribution in [0.2, 0.25) is 0 Å². The van der Waals surface area contributed by atoms with E-state index in [4.69, 9.17) is 5.73 Å². The summed E-state index contributed by atoms with van der Waals surface area (Å²) in [6.07, 6.45) is 7.92. The van der Waals surface area contributed by atoms with Crippen LogP contribution in [0.1, 0.15) is 45.0 Å². The third-order valence-electron chi connectivity index (χ3n) is 5.26. The summed E-state index contributed by atoms with van der Waals surface area (Å²) in [7, 11) is 0. The van der Waals surface area contributed by atoms with Gasteiger partial charge in [-0.2, -0.15) is 0 Å². The van der Waals surface area contributed by atoms with Crippen LogP contribution >= 0.6 is 0 Å². The van der Waals surface area contributed by atoms with Crippen molar-refractivity contribution in [1.82, 2.24) is 15.3 Å². The van der Waals surface area contributed by atoms with E-state index in [9.17, 15) is 4.79 Å².